The van der Waals surface area contributed by atoms with Gasteiger partial charge in [0.25, 0.3) is 0 Å². The van der Waals surface area contributed by atoms with Crippen molar-refractivity contribution in [3.05, 3.63) is 58.5 Å². The molecule has 9 heteroatoms. The summed E-state index contributed by atoms with van der Waals surface area (Å²) in [4.78, 5) is 14.2. The highest BCUT2D eigenvalue weighted by Gasteiger charge is 2.11. The first-order valence-corrected chi connectivity index (χ1v) is 10.6. The topological polar surface area (TPSA) is 76.7 Å². The van der Waals surface area contributed by atoms with Gasteiger partial charge >= 0.3 is 0 Å². The van der Waals surface area contributed by atoms with Crippen LogP contribution in [0.25, 0.3) is 20.1 Å². The molecule has 0 saturated heterocycles. The van der Waals surface area contributed by atoms with E-state index in [2.05, 4.69) is 20.3 Å². The van der Waals surface area contributed by atoms with Gasteiger partial charge in [0.05, 0.1) is 31.3 Å². The minimum absolute atomic E-state index is 0.0666. The van der Waals surface area contributed by atoms with E-state index in [1.54, 1.807) is 34.9 Å². The van der Waals surface area contributed by atoms with E-state index in [0.29, 0.717) is 23.0 Å². The Morgan fingerprint density at radius 2 is 2.00 bits per heavy atom. The van der Waals surface area contributed by atoms with Crippen LogP contribution in [-0.4, -0.2) is 27.5 Å². The number of pyridine rings is 1. The highest BCUT2D eigenvalue weighted by atomic mass is 35.5. The fourth-order valence-electron chi connectivity index (χ4n) is 2.60. The van der Waals surface area contributed by atoms with Crippen LogP contribution in [0.3, 0.4) is 0 Å². The number of nitrogens with two attached hydrogens (primary N) is 1. The van der Waals surface area contributed by atoms with E-state index >= 15 is 0 Å². The molecule has 1 aromatic carbocycles. The number of benzene rings is 1. The van der Waals surface area contributed by atoms with Crippen molar-refractivity contribution in [3.63, 3.8) is 0 Å². The first-order chi connectivity index (χ1) is 13.1. The lowest BCUT2D eigenvalue weighted by atomic mass is 10.1. The van der Waals surface area contributed by atoms with Crippen molar-refractivity contribution in [3.8, 4) is 9.88 Å². The summed E-state index contributed by atoms with van der Waals surface area (Å²) in [6.45, 7) is 0.608. The molecule has 1 atom stereocenters. The Kier molecular flexibility index (Phi) is 5.56. The number of anilines is 1. The van der Waals surface area contributed by atoms with Crippen LogP contribution in [0.5, 0.6) is 0 Å². The van der Waals surface area contributed by atoms with E-state index in [9.17, 15) is 0 Å². The predicted octanol–water partition coefficient (Wildman–Crippen LogP) is 5.10. The molecule has 0 aliphatic rings. The molecule has 3 N–H and O–H groups in total. The predicted molar refractivity (Wildman–Crippen MR) is 115 cm³/mol. The van der Waals surface area contributed by atoms with Gasteiger partial charge in [0.15, 0.2) is 5.13 Å². The second kappa shape index (κ2) is 8.08. The molecule has 0 amide bonds. The number of fused-ring (bicyclic) bond motifs is 1. The minimum atomic E-state index is -0.0666. The van der Waals surface area contributed by atoms with Crippen LogP contribution in [-0.2, 0) is 6.42 Å². The zero-order chi connectivity index (χ0) is 18.8. The van der Waals surface area contributed by atoms with Crippen molar-refractivity contribution < 1.29 is 0 Å². The second-order valence-corrected chi connectivity index (χ2v) is 8.86. The number of aromatic nitrogens is 3. The van der Waals surface area contributed by atoms with E-state index in [1.165, 1.54) is 0 Å². The molecule has 5 nitrogen and oxygen atoms in total. The standard InChI is InChI=1S/C18H15Cl2N5S2/c19-12-2-1-10(6-13(12)20)5-11(21)7-23-18-24-9-16(27-18)17-25-14-3-4-22-8-15(14)26-17/h1-4,6,8-9,11H,5,7,21H2,(H,23,24). The molecule has 0 radical (unpaired) electrons. The average Bonchev–Trinajstić information content (AvgIpc) is 3.29. The molecule has 0 fully saturated rings. The molecule has 4 rings (SSSR count). The van der Waals surface area contributed by atoms with E-state index in [-0.39, 0.29) is 6.04 Å². The van der Waals surface area contributed by atoms with Crippen molar-refractivity contribution in [1.29, 1.82) is 0 Å². The number of rotatable bonds is 6. The Morgan fingerprint density at radius 1 is 1.11 bits per heavy atom. The summed E-state index contributed by atoms with van der Waals surface area (Å²) in [5, 5.41) is 6.17. The summed E-state index contributed by atoms with van der Waals surface area (Å²) in [6, 6.07) is 7.44. The van der Waals surface area contributed by atoms with Gasteiger partial charge < -0.3 is 11.1 Å². The third kappa shape index (κ3) is 4.39. The molecular weight excluding hydrogens is 421 g/mol. The van der Waals surface area contributed by atoms with E-state index in [0.717, 1.165) is 30.8 Å². The van der Waals surface area contributed by atoms with Crippen molar-refractivity contribution in [2.24, 2.45) is 5.73 Å². The first-order valence-electron chi connectivity index (χ1n) is 8.18. The summed E-state index contributed by atoms with van der Waals surface area (Å²) in [7, 11) is 0. The molecule has 0 saturated carbocycles. The number of thiazole rings is 2. The monoisotopic (exact) mass is 435 g/mol. The van der Waals surface area contributed by atoms with Gasteiger partial charge in [-0.25, -0.2) is 9.97 Å². The second-order valence-electron chi connectivity index (χ2n) is 5.99. The third-order valence-corrected chi connectivity index (χ3v) is 6.77. The van der Waals surface area contributed by atoms with Crippen molar-refractivity contribution >= 4 is 61.2 Å². The number of hydrogen-bond donors (Lipinski definition) is 2. The summed E-state index contributed by atoms with van der Waals surface area (Å²) in [5.41, 5.74) is 8.24. The van der Waals surface area contributed by atoms with Crippen LogP contribution in [0.4, 0.5) is 5.13 Å². The van der Waals surface area contributed by atoms with Crippen LogP contribution in [0.2, 0.25) is 10.0 Å². The van der Waals surface area contributed by atoms with Crippen LogP contribution in [0.15, 0.2) is 42.9 Å². The van der Waals surface area contributed by atoms with Gasteiger partial charge in [0.1, 0.15) is 5.01 Å². The molecular formula is C18H15Cl2N5S2. The summed E-state index contributed by atoms with van der Waals surface area (Å²) in [6.07, 6.45) is 6.12. The lowest BCUT2D eigenvalue weighted by Crippen LogP contribution is -2.31. The Morgan fingerprint density at radius 3 is 2.81 bits per heavy atom. The third-order valence-electron chi connectivity index (χ3n) is 3.91. The quantitative estimate of drug-likeness (QED) is 0.440. The molecule has 0 spiro atoms. The number of hydrogen-bond acceptors (Lipinski definition) is 7. The molecule has 0 bridgehead atoms. The average molecular weight is 436 g/mol. The molecule has 138 valence electrons. The number of nitrogens with zero attached hydrogens (tertiary/aromatic N) is 3. The maximum absolute atomic E-state index is 6.23. The van der Waals surface area contributed by atoms with Crippen LogP contribution in [0.1, 0.15) is 5.56 Å². The number of halogens is 2. The Hall–Kier alpha value is -1.77. The van der Waals surface area contributed by atoms with Crippen molar-refractivity contribution in [2.45, 2.75) is 12.5 Å². The van der Waals surface area contributed by atoms with Crippen LogP contribution >= 0.6 is 45.9 Å². The highest BCUT2D eigenvalue weighted by Crippen LogP contribution is 2.34. The molecule has 3 heterocycles. The Bertz CT molecular complexity index is 1050. The molecule has 4 aromatic rings. The SMILES string of the molecule is NC(CNc1ncc(-c2nc3ccncc3s2)s1)Cc1ccc(Cl)c(Cl)c1. The maximum Gasteiger partial charge on any atom is 0.183 e. The lowest BCUT2D eigenvalue weighted by Gasteiger charge is -2.12. The van der Waals surface area contributed by atoms with Gasteiger partial charge in [-0.15, -0.1) is 11.3 Å². The minimum Gasteiger partial charge on any atom is -0.360 e. The van der Waals surface area contributed by atoms with E-state index < -0.39 is 0 Å². The van der Waals surface area contributed by atoms with E-state index in [1.807, 2.05) is 30.6 Å². The normalized spacial score (nSPS) is 12.4. The Labute approximate surface area is 174 Å². The molecule has 3 aromatic heterocycles. The van der Waals surface area contributed by atoms with Gasteiger partial charge in [-0.05, 0) is 30.2 Å². The van der Waals surface area contributed by atoms with Gasteiger partial charge in [0.2, 0.25) is 0 Å². The smallest absolute Gasteiger partial charge is 0.183 e. The van der Waals surface area contributed by atoms with Gasteiger partial charge in [-0.2, -0.15) is 0 Å². The number of nitrogens with one attached hydrogen (secondary N) is 1. The fraction of sp³-hybridized carbons (Fsp3) is 0.167. The van der Waals surface area contributed by atoms with Crippen LogP contribution < -0.4 is 11.1 Å². The fourth-order valence-corrected chi connectivity index (χ4v) is 4.72. The summed E-state index contributed by atoms with van der Waals surface area (Å²) in [5.74, 6) is 0. The van der Waals surface area contributed by atoms with Crippen molar-refractivity contribution in [1.82, 2.24) is 15.0 Å². The van der Waals surface area contributed by atoms with Gasteiger partial charge in [-0.3, -0.25) is 4.98 Å². The zero-order valence-corrected chi connectivity index (χ0v) is 17.2. The lowest BCUT2D eigenvalue weighted by molar-refractivity contribution is 0.699. The zero-order valence-electron chi connectivity index (χ0n) is 14.0. The van der Waals surface area contributed by atoms with Gasteiger partial charge in [0, 0.05) is 25.0 Å². The highest BCUT2D eigenvalue weighted by molar-refractivity contribution is 7.26. The molecule has 0 aliphatic heterocycles. The Balaban J connectivity index is 1.38. The maximum atomic E-state index is 6.23. The van der Waals surface area contributed by atoms with Gasteiger partial charge in [-0.1, -0.05) is 40.6 Å². The van der Waals surface area contributed by atoms with E-state index in [4.69, 9.17) is 28.9 Å². The largest absolute Gasteiger partial charge is 0.360 e. The van der Waals surface area contributed by atoms with Crippen molar-refractivity contribution in [2.75, 3.05) is 11.9 Å². The van der Waals surface area contributed by atoms with Crippen LogP contribution in [0, 0.1) is 0 Å². The first kappa shape index (κ1) is 18.6. The summed E-state index contributed by atoms with van der Waals surface area (Å²) < 4.78 is 1.07. The molecule has 1 unspecified atom stereocenters. The molecule has 0 aliphatic carbocycles. The molecule has 27 heavy (non-hydrogen) atoms. The summed E-state index contributed by atoms with van der Waals surface area (Å²) >= 11 is 15.2.